The predicted octanol–water partition coefficient (Wildman–Crippen LogP) is -5.50. The number of phenolic OH excluding ortho intramolecular Hbond substituents is 2. The van der Waals surface area contributed by atoms with Crippen LogP contribution in [-0.4, -0.2) is 105 Å². The minimum Gasteiger partial charge on any atom is -0.504 e. The largest absolute Gasteiger partial charge is 0.504 e. The van der Waals surface area contributed by atoms with Crippen molar-refractivity contribution in [1.29, 1.82) is 0 Å². The number of imide groups is 1. The van der Waals surface area contributed by atoms with Gasteiger partial charge in [0.25, 0.3) is 17.6 Å². The molecule has 0 saturated carbocycles. The molecular formula is C13H13BFN3O13. The number of aromatic hydroxyl groups is 2. The molecule has 1 aromatic carbocycles. The number of amides is 3. The van der Waals surface area contributed by atoms with Crippen LogP contribution in [0.1, 0.15) is 15.9 Å². The van der Waals surface area contributed by atoms with Crippen molar-refractivity contribution in [3.63, 3.8) is 0 Å². The van der Waals surface area contributed by atoms with E-state index in [1.165, 1.54) is 0 Å². The summed E-state index contributed by atoms with van der Waals surface area (Å²) in [5, 5.41) is 96.5. The van der Waals surface area contributed by atoms with E-state index < -0.39 is 85.4 Å². The van der Waals surface area contributed by atoms with Gasteiger partial charge in [0.15, 0.2) is 25.4 Å². The molecule has 0 aromatic heterocycles. The second-order valence-corrected chi connectivity index (χ2v) is 6.85. The molecule has 1 fully saturated rings. The zero-order valence-corrected chi connectivity index (χ0v) is 15.0. The number of halogens is 1. The molecule has 16 nitrogen and oxygen atoms in total. The van der Waals surface area contributed by atoms with E-state index in [1.807, 2.05) is 0 Å². The third-order valence-corrected chi connectivity index (χ3v) is 5.02. The first-order valence-corrected chi connectivity index (χ1v) is 7.92. The van der Waals surface area contributed by atoms with Gasteiger partial charge in [-0.05, 0) is 0 Å². The number of fused-ring (bicyclic) bond motifs is 1. The Morgan fingerprint density at radius 2 is 1.52 bits per heavy atom. The van der Waals surface area contributed by atoms with E-state index in [0.717, 1.165) is 0 Å². The van der Waals surface area contributed by atoms with E-state index in [1.54, 1.807) is 0 Å². The highest BCUT2D eigenvalue weighted by Crippen LogP contribution is 2.52. The van der Waals surface area contributed by atoms with E-state index in [0.29, 0.717) is 7.85 Å². The van der Waals surface area contributed by atoms with Crippen molar-refractivity contribution < 1.29 is 70.1 Å². The summed E-state index contributed by atoms with van der Waals surface area (Å²) in [7, 11) is 0.540. The Hall–Kier alpha value is -3.10. The van der Waals surface area contributed by atoms with Crippen LogP contribution in [0.15, 0.2) is 0 Å². The number of rotatable bonds is 2. The lowest BCUT2D eigenvalue weighted by atomic mass is 9.80. The van der Waals surface area contributed by atoms with Gasteiger partial charge in [0.2, 0.25) is 5.82 Å². The first kappa shape index (κ1) is 22.6. The molecule has 18 heteroatoms. The number of carbonyl (C=O) groups excluding carboxylic acids is 3. The van der Waals surface area contributed by atoms with Crippen LogP contribution < -0.4 is 5.23 Å². The van der Waals surface area contributed by atoms with Gasteiger partial charge in [-0.25, -0.2) is 0 Å². The lowest BCUT2D eigenvalue weighted by Crippen LogP contribution is -2.80. The number of benzene rings is 1. The Labute approximate surface area is 169 Å². The van der Waals surface area contributed by atoms with Crippen molar-refractivity contribution in [2.45, 2.75) is 23.2 Å². The van der Waals surface area contributed by atoms with E-state index >= 15 is 0 Å². The lowest BCUT2D eigenvalue weighted by molar-refractivity contribution is -0.374. The van der Waals surface area contributed by atoms with E-state index in [2.05, 4.69) is 0 Å². The van der Waals surface area contributed by atoms with Gasteiger partial charge in [-0.3, -0.25) is 34.9 Å². The number of aliphatic hydroxyl groups is 5. The van der Waals surface area contributed by atoms with Crippen LogP contribution >= 0.6 is 0 Å². The molecule has 31 heavy (non-hydrogen) atoms. The number of nitrogens with zero attached hydrogens (tertiary/aromatic N) is 3. The molecule has 2 atom stereocenters. The van der Waals surface area contributed by atoms with Gasteiger partial charge in [-0.1, -0.05) is 0 Å². The van der Waals surface area contributed by atoms with Crippen molar-refractivity contribution in [3.8, 4) is 11.5 Å². The van der Waals surface area contributed by atoms with Crippen molar-refractivity contribution in [2.24, 2.45) is 0 Å². The molecule has 1 aromatic rings. The first-order chi connectivity index (χ1) is 13.9. The predicted molar refractivity (Wildman–Crippen MR) is 86.2 cm³/mol. The molecule has 3 rings (SSSR count). The van der Waals surface area contributed by atoms with Crippen molar-refractivity contribution in [3.05, 3.63) is 16.9 Å². The fourth-order valence-corrected chi connectivity index (χ4v) is 3.53. The first-order valence-electron chi connectivity index (χ1n) is 7.92. The maximum Gasteiger partial charge on any atom is 0.319 e. The summed E-state index contributed by atoms with van der Waals surface area (Å²) in [6.45, 7) is 0. The summed E-state index contributed by atoms with van der Waals surface area (Å²) >= 11 is 0. The van der Waals surface area contributed by atoms with Crippen molar-refractivity contribution >= 4 is 31.3 Å². The average molecular weight is 449 g/mol. The third kappa shape index (κ3) is 2.49. The van der Waals surface area contributed by atoms with Crippen LogP contribution in [0.3, 0.4) is 0 Å². The molecule has 0 aliphatic carbocycles. The van der Waals surface area contributed by atoms with Gasteiger partial charge in [0.1, 0.15) is 11.3 Å². The third-order valence-electron chi connectivity index (χ3n) is 5.02. The van der Waals surface area contributed by atoms with Crippen LogP contribution in [-0.2, 0) is 15.2 Å². The Bertz CT molecular complexity index is 1040. The fraction of sp³-hybridized carbons (Fsp3) is 0.308. The van der Waals surface area contributed by atoms with Gasteiger partial charge in [-0.15, -0.1) is 10.3 Å². The Kier molecular flexibility index (Phi) is 4.53. The van der Waals surface area contributed by atoms with Crippen LogP contribution in [0.25, 0.3) is 0 Å². The SMILES string of the molecule is BC1(O)c2c(c(O)c(F)c(O)c2N(O)O)C(=O)N1C1C(=O)N(O)C(=O)C(O)(O)C1(O)O. The average Bonchev–Trinajstić information content (AvgIpc) is 2.84. The molecule has 0 bridgehead atoms. The van der Waals surface area contributed by atoms with Gasteiger partial charge in [-0.2, -0.15) is 4.39 Å². The highest BCUT2D eigenvalue weighted by atomic mass is 19.1. The van der Waals surface area contributed by atoms with Gasteiger partial charge in [0.05, 0.1) is 5.56 Å². The van der Waals surface area contributed by atoms with E-state index in [-0.39, 0.29) is 4.90 Å². The fourth-order valence-electron chi connectivity index (χ4n) is 3.53. The highest BCUT2D eigenvalue weighted by Gasteiger charge is 2.72. The van der Waals surface area contributed by atoms with E-state index in [9.17, 15) is 70.1 Å². The number of carbonyl (C=O) groups is 3. The van der Waals surface area contributed by atoms with Gasteiger partial charge < -0.3 is 35.7 Å². The lowest BCUT2D eigenvalue weighted by Gasteiger charge is -2.49. The minimum atomic E-state index is -4.34. The summed E-state index contributed by atoms with van der Waals surface area (Å²) in [6.07, 6.45) is 0. The minimum absolute atomic E-state index is 0.331. The highest BCUT2D eigenvalue weighted by molar-refractivity contribution is 6.23. The Morgan fingerprint density at radius 1 is 1.00 bits per heavy atom. The molecule has 1 saturated heterocycles. The number of hydrogen-bond donors (Lipinski definition) is 10. The Morgan fingerprint density at radius 3 is 2.00 bits per heavy atom. The van der Waals surface area contributed by atoms with Crippen LogP contribution in [0.2, 0.25) is 0 Å². The molecule has 168 valence electrons. The van der Waals surface area contributed by atoms with Gasteiger partial charge in [0, 0.05) is 5.56 Å². The smallest absolute Gasteiger partial charge is 0.319 e. The summed E-state index contributed by atoms with van der Waals surface area (Å²) in [5.41, 5.74) is -7.13. The number of hydroxylamine groups is 2. The summed E-state index contributed by atoms with van der Waals surface area (Å²) < 4.78 is 14.1. The van der Waals surface area contributed by atoms with Crippen molar-refractivity contribution in [2.75, 3.05) is 5.23 Å². The molecule has 10 N–H and O–H groups in total. The quantitative estimate of drug-likeness (QED) is 0.0664. The molecule has 2 heterocycles. The molecule has 2 aliphatic rings. The van der Waals surface area contributed by atoms with Crippen LogP contribution in [0.4, 0.5) is 10.1 Å². The van der Waals surface area contributed by atoms with Crippen LogP contribution in [0.5, 0.6) is 11.5 Å². The number of anilines is 1. The molecule has 0 radical (unpaired) electrons. The summed E-state index contributed by atoms with van der Waals surface area (Å²) in [5.74, 6) is -20.4. The second-order valence-electron chi connectivity index (χ2n) is 6.85. The Balaban J connectivity index is 2.35. The van der Waals surface area contributed by atoms with Crippen molar-refractivity contribution in [1.82, 2.24) is 9.96 Å². The monoisotopic (exact) mass is 449 g/mol. The number of phenols is 2. The summed E-state index contributed by atoms with van der Waals surface area (Å²) in [4.78, 5) is 36.5. The zero-order chi connectivity index (χ0) is 24.0. The van der Waals surface area contributed by atoms with Crippen LogP contribution in [0, 0.1) is 5.82 Å². The van der Waals surface area contributed by atoms with E-state index in [4.69, 9.17) is 0 Å². The standard InChI is InChI=1S/C13H13BFN3O13/c14-13(28)2-1(5(19)3(15)6(20)4(2)18(30)31)8(21)16(13)7-9(22)17(29)10(23)12(26,27)11(7,24)25/h7,19-20,24-31H,14H2. The summed E-state index contributed by atoms with van der Waals surface area (Å²) in [6, 6.07) is -3.12. The zero-order valence-electron chi connectivity index (χ0n) is 15.0. The molecular weight excluding hydrogens is 436 g/mol. The molecule has 2 unspecified atom stereocenters. The number of hydrogen-bond acceptors (Lipinski definition) is 14. The second kappa shape index (κ2) is 6.21. The topological polar surface area (TPSA) is 263 Å². The maximum atomic E-state index is 14.1. The number of piperidine rings is 1. The molecule has 3 amide bonds. The maximum absolute atomic E-state index is 14.1. The molecule has 0 spiro atoms. The normalized spacial score (nSPS) is 27.0. The van der Waals surface area contributed by atoms with Gasteiger partial charge >= 0.3 is 11.7 Å². The molecule has 2 aliphatic heterocycles.